The highest BCUT2D eigenvalue weighted by Crippen LogP contribution is 2.44. The summed E-state index contributed by atoms with van der Waals surface area (Å²) in [7, 11) is 0. The minimum Gasteiger partial charge on any atom is -0.480 e. The number of hydrogen-bond donors (Lipinski definition) is 2. The first-order valence-electron chi connectivity index (χ1n) is 12.2. The summed E-state index contributed by atoms with van der Waals surface area (Å²) in [6, 6.07) is 10.3. The fourth-order valence-electron chi connectivity index (χ4n) is 4.48. The van der Waals surface area contributed by atoms with E-state index in [4.69, 9.17) is 31.9 Å². The molecule has 4 aromatic rings. The number of benzene rings is 2. The number of fused-ring (bicyclic) bond motifs is 1. The number of carbonyl (C=O) groups is 1. The molecule has 2 aromatic carbocycles. The Labute approximate surface area is 236 Å². The van der Waals surface area contributed by atoms with Crippen LogP contribution in [0.2, 0.25) is 5.02 Å². The van der Waals surface area contributed by atoms with Gasteiger partial charge in [-0.1, -0.05) is 48.0 Å². The third kappa shape index (κ3) is 5.97. The van der Waals surface area contributed by atoms with Crippen molar-refractivity contribution in [2.75, 3.05) is 13.2 Å². The van der Waals surface area contributed by atoms with Crippen LogP contribution in [0, 0.1) is 0 Å². The topological polar surface area (TPSA) is 108 Å². The zero-order chi connectivity index (χ0) is 28.4. The van der Waals surface area contributed by atoms with E-state index in [0.717, 1.165) is 11.1 Å². The number of carboxylic acids is 1. The number of ether oxygens (including phenoxy) is 2. The van der Waals surface area contributed by atoms with Gasteiger partial charge in [-0.3, -0.25) is 4.79 Å². The Morgan fingerprint density at radius 3 is 2.62 bits per heavy atom. The van der Waals surface area contributed by atoms with E-state index in [2.05, 4.69) is 9.97 Å². The minimum atomic E-state index is -4.76. The van der Waals surface area contributed by atoms with Crippen LogP contribution in [0.5, 0.6) is 5.88 Å². The summed E-state index contributed by atoms with van der Waals surface area (Å²) in [5.74, 6) is -1.29. The summed E-state index contributed by atoms with van der Waals surface area (Å²) in [5.41, 5.74) is 9.06. The van der Waals surface area contributed by atoms with E-state index in [9.17, 15) is 18.0 Å². The van der Waals surface area contributed by atoms with Gasteiger partial charge in [-0.2, -0.15) is 13.2 Å². The largest absolute Gasteiger partial charge is 0.480 e. The van der Waals surface area contributed by atoms with Gasteiger partial charge < -0.3 is 20.3 Å². The third-order valence-corrected chi connectivity index (χ3v) is 7.63. The molecule has 0 spiro atoms. The van der Waals surface area contributed by atoms with E-state index < -0.39 is 24.3 Å². The quantitative estimate of drug-likeness (QED) is 0.243. The normalized spacial score (nSPS) is 15.5. The molecule has 1 aliphatic heterocycles. The Balaban J connectivity index is 1.50. The van der Waals surface area contributed by atoms with Crippen LogP contribution in [0.4, 0.5) is 13.2 Å². The summed E-state index contributed by atoms with van der Waals surface area (Å²) in [4.78, 5) is 19.4. The van der Waals surface area contributed by atoms with Gasteiger partial charge in [-0.05, 0) is 47.2 Å². The predicted octanol–water partition coefficient (Wildman–Crippen LogP) is 6.45. The number of hydrogen-bond acceptors (Lipinski definition) is 7. The first kappa shape index (κ1) is 28.0. The molecule has 0 fully saturated rings. The van der Waals surface area contributed by atoms with Gasteiger partial charge in [0.2, 0.25) is 12.0 Å². The molecule has 2 atom stereocenters. The number of aromatic nitrogens is 2. The van der Waals surface area contributed by atoms with Crippen molar-refractivity contribution in [1.29, 1.82) is 0 Å². The molecule has 7 nitrogen and oxygen atoms in total. The van der Waals surface area contributed by atoms with Gasteiger partial charge in [0.25, 0.3) is 0 Å². The molecule has 3 N–H and O–H groups in total. The van der Waals surface area contributed by atoms with E-state index in [-0.39, 0.29) is 24.5 Å². The van der Waals surface area contributed by atoms with Crippen molar-refractivity contribution in [1.82, 2.24) is 9.97 Å². The molecular weight excluding hydrogens is 567 g/mol. The van der Waals surface area contributed by atoms with Crippen molar-refractivity contribution < 1.29 is 32.5 Å². The molecule has 3 heterocycles. The Hall–Kier alpha value is -3.51. The van der Waals surface area contributed by atoms with Crippen molar-refractivity contribution in [2.24, 2.45) is 5.73 Å². The van der Waals surface area contributed by atoms with Gasteiger partial charge in [0.1, 0.15) is 17.1 Å². The lowest BCUT2D eigenvalue weighted by atomic mass is 9.94. The minimum absolute atomic E-state index is 0.0904. The lowest BCUT2D eigenvalue weighted by Gasteiger charge is -2.25. The highest BCUT2D eigenvalue weighted by atomic mass is 35.5. The molecule has 5 rings (SSSR count). The zero-order valence-electron chi connectivity index (χ0n) is 20.8. The fraction of sp³-hybridized carbons (Fsp3) is 0.250. The third-order valence-electron chi connectivity index (χ3n) is 6.44. The van der Waals surface area contributed by atoms with Gasteiger partial charge in [0.05, 0.1) is 18.7 Å². The molecule has 2 aromatic heterocycles. The summed E-state index contributed by atoms with van der Waals surface area (Å²) < 4.78 is 54.9. The number of nitrogens with zero attached hydrogens (tertiary/aromatic N) is 2. The molecule has 0 saturated carbocycles. The maximum Gasteiger partial charge on any atom is 0.429 e. The fourth-order valence-corrected chi connectivity index (χ4v) is 5.61. The van der Waals surface area contributed by atoms with Gasteiger partial charge in [-0.25, -0.2) is 9.97 Å². The van der Waals surface area contributed by atoms with Crippen LogP contribution < -0.4 is 10.5 Å². The molecular formula is C28H23ClF3N3O4S. The van der Waals surface area contributed by atoms with Crippen LogP contribution in [0.1, 0.15) is 29.2 Å². The predicted molar refractivity (Wildman–Crippen MR) is 146 cm³/mol. The van der Waals surface area contributed by atoms with Crippen molar-refractivity contribution in [3.05, 3.63) is 82.0 Å². The Morgan fingerprint density at radius 2 is 1.95 bits per heavy atom. The maximum atomic E-state index is 14.5. The van der Waals surface area contributed by atoms with E-state index in [1.807, 2.05) is 6.08 Å². The Bertz CT molecular complexity index is 1570. The molecule has 208 valence electrons. The lowest BCUT2D eigenvalue weighted by molar-refractivity contribution is -0.198. The van der Waals surface area contributed by atoms with Crippen molar-refractivity contribution in [2.45, 2.75) is 31.2 Å². The van der Waals surface area contributed by atoms with Crippen LogP contribution in [0.25, 0.3) is 26.9 Å². The molecule has 1 aliphatic rings. The van der Waals surface area contributed by atoms with E-state index >= 15 is 0 Å². The van der Waals surface area contributed by atoms with Crippen molar-refractivity contribution in [3.8, 4) is 17.0 Å². The first-order valence-corrected chi connectivity index (χ1v) is 13.5. The second-order valence-electron chi connectivity index (χ2n) is 9.19. The van der Waals surface area contributed by atoms with Crippen molar-refractivity contribution in [3.63, 3.8) is 0 Å². The van der Waals surface area contributed by atoms with Gasteiger partial charge in [0, 0.05) is 21.5 Å². The highest BCUT2D eigenvalue weighted by molar-refractivity contribution is 7.18. The summed E-state index contributed by atoms with van der Waals surface area (Å²) in [6.07, 6.45) is -3.32. The molecule has 0 bridgehead atoms. The van der Waals surface area contributed by atoms with Gasteiger partial charge >= 0.3 is 12.1 Å². The average molecular weight is 590 g/mol. The van der Waals surface area contributed by atoms with Crippen LogP contribution >= 0.6 is 22.9 Å². The summed E-state index contributed by atoms with van der Waals surface area (Å²) in [5, 5.41) is 11.1. The monoisotopic (exact) mass is 589 g/mol. The SMILES string of the molecule is N[C@@H](Cc1ccc(-c2csc3c(O[C@H](c4ccc(Cl)cc4C4=CCCOC4)C(F)(F)F)ncnc23)cc1)C(=O)O. The van der Waals surface area contributed by atoms with E-state index in [1.54, 1.807) is 29.6 Å². The molecule has 40 heavy (non-hydrogen) atoms. The lowest BCUT2D eigenvalue weighted by Crippen LogP contribution is -2.32. The average Bonchev–Trinajstić information content (AvgIpc) is 3.37. The number of rotatable bonds is 8. The molecule has 0 amide bonds. The Morgan fingerprint density at radius 1 is 1.18 bits per heavy atom. The number of nitrogens with two attached hydrogens (primary N) is 1. The number of aliphatic carboxylic acids is 1. The van der Waals surface area contributed by atoms with E-state index in [0.29, 0.717) is 45.0 Å². The summed E-state index contributed by atoms with van der Waals surface area (Å²) in [6.45, 7) is 0.668. The molecule has 0 unspecified atom stereocenters. The van der Waals surface area contributed by atoms with Crippen LogP contribution in [-0.2, 0) is 16.0 Å². The molecule has 0 saturated heterocycles. The number of alkyl halides is 3. The Kier molecular flexibility index (Phi) is 8.09. The number of halogens is 4. The van der Waals surface area contributed by atoms with Crippen molar-refractivity contribution >= 4 is 44.7 Å². The van der Waals surface area contributed by atoms with Crippen LogP contribution in [-0.4, -0.2) is 46.5 Å². The first-order chi connectivity index (χ1) is 19.1. The maximum absolute atomic E-state index is 14.5. The smallest absolute Gasteiger partial charge is 0.429 e. The molecule has 12 heteroatoms. The highest BCUT2D eigenvalue weighted by Gasteiger charge is 2.45. The standard InChI is InChI=1S/C28H23ClF3N3O4S/c29-18-7-8-19(20(11-18)17-2-1-9-38-12-17)25(28(30,31)32)39-26-24-23(34-14-35-26)21(13-40-24)16-5-3-15(4-6-16)10-22(33)27(36)37/h2-8,11,13-14,22,25H,1,9-10,12,33H2,(H,36,37)/t22-,25+/m0/s1. The van der Waals surface area contributed by atoms with Gasteiger partial charge in [0.15, 0.2) is 0 Å². The number of thiophene rings is 1. The molecule has 0 aliphatic carbocycles. The van der Waals surface area contributed by atoms with E-state index in [1.165, 1.54) is 35.9 Å². The van der Waals surface area contributed by atoms with Crippen LogP contribution in [0.15, 0.2) is 60.2 Å². The second kappa shape index (κ2) is 11.5. The zero-order valence-corrected chi connectivity index (χ0v) is 22.4. The second-order valence-corrected chi connectivity index (χ2v) is 10.5. The van der Waals surface area contributed by atoms with Gasteiger partial charge in [-0.15, -0.1) is 11.3 Å². The number of carboxylic acid groups (broad SMARTS) is 1. The van der Waals surface area contributed by atoms with Crippen LogP contribution in [0.3, 0.4) is 0 Å². The summed E-state index contributed by atoms with van der Waals surface area (Å²) >= 11 is 7.33. The molecule has 0 radical (unpaired) electrons.